The van der Waals surface area contributed by atoms with E-state index in [1.807, 2.05) is 0 Å². The molecule has 2 heterocycles. The standard InChI is InChI=1S/C16H21N3O/c1-10(2)11-4-5-14(20-3)12(8-11)15-16-13(6-7-17-15)18-9-19-16/h4-5,8-10,15,17H,6-7H2,1-3H3,(H,18,19)/t15-/m0/s1. The van der Waals surface area contributed by atoms with Gasteiger partial charge in [-0.1, -0.05) is 19.9 Å². The van der Waals surface area contributed by atoms with Gasteiger partial charge in [0.05, 0.1) is 25.2 Å². The topological polar surface area (TPSA) is 49.9 Å². The van der Waals surface area contributed by atoms with Crippen LogP contribution in [0.4, 0.5) is 0 Å². The molecular formula is C16H21N3O. The fourth-order valence-corrected chi connectivity index (χ4v) is 2.81. The molecule has 106 valence electrons. The summed E-state index contributed by atoms with van der Waals surface area (Å²) in [4.78, 5) is 7.73. The quantitative estimate of drug-likeness (QED) is 0.902. The molecular weight excluding hydrogens is 250 g/mol. The first-order valence-corrected chi connectivity index (χ1v) is 7.14. The number of aromatic amines is 1. The Kier molecular flexibility index (Phi) is 3.49. The lowest BCUT2D eigenvalue weighted by molar-refractivity contribution is 0.401. The summed E-state index contributed by atoms with van der Waals surface area (Å²) in [5, 5.41) is 3.56. The number of H-pyrrole nitrogens is 1. The highest BCUT2D eigenvalue weighted by atomic mass is 16.5. The molecule has 1 aliphatic heterocycles. The molecule has 0 bridgehead atoms. The van der Waals surface area contributed by atoms with Crippen LogP contribution in [-0.2, 0) is 6.42 Å². The maximum absolute atomic E-state index is 5.55. The summed E-state index contributed by atoms with van der Waals surface area (Å²) in [6, 6.07) is 6.55. The molecule has 2 N–H and O–H groups in total. The normalized spacial score (nSPS) is 18.1. The minimum absolute atomic E-state index is 0.110. The van der Waals surface area contributed by atoms with Crippen molar-refractivity contribution in [2.45, 2.75) is 32.2 Å². The van der Waals surface area contributed by atoms with Crippen LogP contribution in [-0.4, -0.2) is 23.6 Å². The van der Waals surface area contributed by atoms with Crippen molar-refractivity contribution in [2.75, 3.05) is 13.7 Å². The third kappa shape index (κ3) is 2.20. The van der Waals surface area contributed by atoms with Crippen LogP contribution in [0.3, 0.4) is 0 Å². The lowest BCUT2D eigenvalue weighted by atomic mass is 9.93. The molecule has 0 aliphatic carbocycles. The number of fused-ring (bicyclic) bond motifs is 1. The van der Waals surface area contributed by atoms with Crippen LogP contribution in [0.25, 0.3) is 0 Å². The number of benzene rings is 1. The second kappa shape index (κ2) is 5.29. The summed E-state index contributed by atoms with van der Waals surface area (Å²) < 4.78 is 5.55. The van der Waals surface area contributed by atoms with E-state index in [1.165, 1.54) is 16.8 Å². The Morgan fingerprint density at radius 1 is 1.35 bits per heavy atom. The van der Waals surface area contributed by atoms with Gasteiger partial charge < -0.3 is 15.0 Å². The molecule has 3 rings (SSSR count). The lowest BCUT2D eigenvalue weighted by Crippen LogP contribution is -2.31. The van der Waals surface area contributed by atoms with Gasteiger partial charge in [0, 0.05) is 24.2 Å². The Bertz CT molecular complexity index is 604. The molecule has 1 atom stereocenters. The van der Waals surface area contributed by atoms with Crippen LogP contribution in [0.5, 0.6) is 5.75 Å². The molecule has 2 aromatic rings. The molecule has 20 heavy (non-hydrogen) atoms. The van der Waals surface area contributed by atoms with Gasteiger partial charge in [0.1, 0.15) is 5.75 Å². The lowest BCUT2D eigenvalue weighted by Gasteiger charge is -2.25. The van der Waals surface area contributed by atoms with Crippen LogP contribution in [0.1, 0.15) is 48.3 Å². The molecule has 0 radical (unpaired) electrons. The van der Waals surface area contributed by atoms with Gasteiger partial charge in [-0.15, -0.1) is 0 Å². The van der Waals surface area contributed by atoms with Crippen LogP contribution < -0.4 is 10.1 Å². The highest BCUT2D eigenvalue weighted by molar-refractivity contribution is 5.45. The average Bonchev–Trinajstić information content (AvgIpc) is 2.94. The first-order valence-electron chi connectivity index (χ1n) is 7.14. The van der Waals surface area contributed by atoms with Crippen LogP contribution in [0.15, 0.2) is 24.5 Å². The van der Waals surface area contributed by atoms with Gasteiger partial charge in [0.25, 0.3) is 0 Å². The van der Waals surface area contributed by atoms with E-state index in [0.29, 0.717) is 5.92 Å². The summed E-state index contributed by atoms with van der Waals surface area (Å²) >= 11 is 0. The van der Waals surface area contributed by atoms with Gasteiger partial charge in [-0.05, 0) is 23.6 Å². The van der Waals surface area contributed by atoms with Crippen molar-refractivity contribution in [3.05, 3.63) is 47.0 Å². The fourth-order valence-electron chi connectivity index (χ4n) is 2.81. The second-order valence-electron chi connectivity index (χ2n) is 5.56. The van der Waals surface area contributed by atoms with E-state index in [4.69, 9.17) is 4.74 Å². The first kappa shape index (κ1) is 13.2. The summed E-state index contributed by atoms with van der Waals surface area (Å²) in [5.41, 5.74) is 4.82. The van der Waals surface area contributed by atoms with Gasteiger partial charge in [-0.25, -0.2) is 4.98 Å². The molecule has 1 aromatic heterocycles. The smallest absolute Gasteiger partial charge is 0.124 e. The summed E-state index contributed by atoms with van der Waals surface area (Å²) in [6.45, 7) is 5.37. The zero-order chi connectivity index (χ0) is 14.1. The number of imidazole rings is 1. The van der Waals surface area contributed by atoms with E-state index >= 15 is 0 Å². The Balaban J connectivity index is 2.08. The Labute approximate surface area is 119 Å². The predicted molar refractivity (Wildman–Crippen MR) is 79.2 cm³/mol. The number of rotatable bonds is 3. The molecule has 0 saturated heterocycles. The van der Waals surface area contributed by atoms with E-state index in [0.717, 1.165) is 24.4 Å². The van der Waals surface area contributed by atoms with Crippen molar-refractivity contribution in [1.29, 1.82) is 0 Å². The van der Waals surface area contributed by atoms with E-state index in [1.54, 1.807) is 13.4 Å². The Morgan fingerprint density at radius 3 is 2.95 bits per heavy atom. The third-order valence-electron chi connectivity index (χ3n) is 3.98. The van der Waals surface area contributed by atoms with Gasteiger partial charge in [0.2, 0.25) is 0 Å². The van der Waals surface area contributed by atoms with Crippen molar-refractivity contribution >= 4 is 0 Å². The van der Waals surface area contributed by atoms with Gasteiger partial charge in [-0.2, -0.15) is 0 Å². The summed E-state index contributed by atoms with van der Waals surface area (Å²) in [6.07, 6.45) is 2.78. The highest BCUT2D eigenvalue weighted by Crippen LogP contribution is 2.34. The SMILES string of the molecule is COc1ccc(C(C)C)cc1[C@@H]1NCCc2[nH]cnc21. The monoisotopic (exact) mass is 271 g/mol. The molecule has 0 saturated carbocycles. The number of nitrogens with zero attached hydrogens (tertiary/aromatic N) is 1. The summed E-state index contributed by atoms with van der Waals surface area (Å²) in [7, 11) is 1.72. The molecule has 4 heteroatoms. The van der Waals surface area contributed by atoms with Gasteiger partial charge in [-0.3, -0.25) is 0 Å². The van der Waals surface area contributed by atoms with Crippen molar-refractivity contribution < 1.29 is 4.74 Å². The average molecular weight is 271 g/mol. The van der Waals surface area contributed by atoms with Crippen LogP contribution >= 0.6 is 0 Å². The van der Waals surface area contributed by atoms with E-state index in [9.17, 15) is 0 Å². The molecule has 0 fully saturated rings. The zero-order valence-corrected chi connectivity index (χ0v) is 12.2. The first-order chi connectivity index (χ1) is 9.70. The van der Waals surface area contributed by atoms with E-state index < -0.39 is 0 Å². The number of nitrogens with one attached hydrogen (secondary N) is 2. The Morgan fingerprint density at radius 2 is 2.20 bits per heavy atom. The molecule has 0 unspecified atom stereocenters. The molecule has 0 amide bonds. The maximum atomic E-state index is 5.55. The Hall–Kier alpha value is -1.81. The van der Waals surface area contributed by atoms with Crippen LogP contribution in [0.2, 0.25) is 0 Å². The largest absolute Gasteiger partial charge is 0.496 e. The fraction of sp³-hybridized carbons (Fsp3) is 0.438. The van der Waals surface area contributed by atoms with E-state index in [-0.39, 0.29) is 6.04 Å². The molecule has 1 aliphatic rings. The molecule has 0 spiro atoms. The minimum atomic E-state index is 0.110. The number of methoxy groups -OCH3 is 1. The maximum Gasteiger partial charge on any atom is 0.124 e. The minimum Gasteiger partial charge on any atom is -0.496 e. The number of ether oxygens (including phenoxy) is 1. The van der Waals surface area contributed by atoms with Crippen LogP contribution in [0, 0.1) is 0 Å². The van der Waals surface area contributed by atoms with E-state index in [2.05, 4.69) is 47.3 Å². The number of aromatic nitrogens is 2. The predicted octanol–water partition coefficient (Wildman–Crippen LogP) is 2.78. The van der Waals surface area contributed by atoms with Crippen molar-refractivity contribution in [1.82, 2.24) is 15.3 Å². The third-order valence-corrected chi connectivity index (χ3v) is 3.98. The number of hydrogen-bond acceptors (Lipinski definition) is 3. The zero-order valence-electron chi connectivity index (χ0n) is 12.2. The molecule has 4 nitrogen and oxygen atoms in total. The van der Waals surface area contributed by atoms with Crippen molar-refractivity contribution in [3.8, 4) is 5.75 Å². The van der Waals surface area contributed by atoms with Crippen molar-refractivity contribution in [2.24, 2.45) is 0 Å². The van der Waals surface area contributed by atoms with Gasteiger partial charge >= 0.3 is 0 Å². The highest BCUT2D eigenvalue weighted by Gasteiger charge is 2.26. The second-order valence-corrected chi connectivity index (χ2v) is 5.56. The summed E-state index contributed by atoms with van der Waals surface area (Å²) in [5.74, 6) is 1.42. The molecule has 1 aromatic carbocycles. The number of hydrogen-bond donors (Lipinski definition) is 2. The van der Waals surface area contributed by atoms with Crippen molar-refractivity contribution in [3.63, 3.8) is 0 Å². The van der Waals surface area contributed by atoms with Gasteiger partial charge in [0.15, 0.2) is 0 Å².